The van der Waals surface area contributed by atoms with Gasteiger partial charge >= 0.3 is 12.1 Å². The first-order valence-corrected chi connectivity index (χ1v) is 13.4. The second kappa shape index (κ2) is 10.8. The topological polar surface area (TPSA) is 120 Å². The van der Waals surface area contributed by atoms with Gasteiger partial charge in [-0.2, -0.15) is 17.6 Å². The molecular weight excluding hydrogens is 568 g/mol. The predicted molar refractivity (Wildman–Crippen MR) is 147 cm³/mol. The minimum Gasteiger partial charge on any atom is -0.475 e. The Kier molecular flexibility index (Phi) is 7.09. The van der Waals surface area contributed by atoms with Gasteiger partial charge in [-0.1, -0.05) is 30.3 Å². The molecule has 2 aromatic heterocycles. The molecule has 0 aliphatic carbocycles. The summed E-state index contributed by atoms with van der Waals surface area (Å²) in [6.45, 7) is 1.45. The number of carbonyl (C=O) groups is 1. The zero-order valence-electron chi connectivity index (χ0n) is 22.4. The number of hydrogen-bond donors (Lipinski definition) is 2. The summed E-state index contributed by atoms with van der Waals surface area (Å²) in [5.41, 5.74) is 11.3. The molecule has 3 aliphatic rings. The molecule has 1 unspecified atom stereocenters. The summed E-state index contributed by atoms with van der Waals surface area (Å²) in [5.74, 6) is -1.23. The van der Waals surface area contributed by atoms with Crippen LogP contribution in [0.4, 0.5) is 17.6 Å². The van der Waals surface area contributed by atoms with E-state index in [9.17, 15) is 17.6 Å². The van der Waals surface area contributed by atoms with Gasteiger partial charge in [-0.3, -0.25) is 4.98 Å². The summed E-state index contributed by atoms with van der Waals surface area (Å²) in [7, 11) is 0. The van der Waals surface area contributed by atoms with Crippen molar-refractivity contribution in [3.63, 3.8) is 0 Å². The maximum Gasteiger partial charge on any atom is 0.490 e. The Hall–Kier alpha value is -4.84. The van der Waals surface area contributed by atoms with Crippen LogP contribution < -0.4 is 10.5 Å². The van der Waals surface area contributed by atoms with Crippen molar-refractivity contribution in [3.05, 3.63) is 107 Å². The Morgan fingerprint density at radius 2 is 1.63 bits per heavy atom. The van der Waals surface area contributed by atoms with E-state index in [1.165, 1.54) is 6.20 Å². The molecule has 220 valence electrons. The minimum atomic E-state index is -5.08. The number of aliphatic imine (C=N–C) groups is 1. The molecule has 1 atom stereocenters. The average molecular weight is 593 g/mol. The van der Waals surface area contributed by atoms with E-state index in [1.807, 2.05) is 36.4 Å². The first-order valence-electron chi connectivity index (χ1n) is 13.4. The third-order valence-electron chi connectivity index (χ3n) is 7.70. The van der Waals surface area contributed by atoms with Gasteiger partial charge in [-0.25, -0.2) is 14.8 Å². The number of alkyl halides is 3. The minimum absolute atomic E-state index is 0.302. The van der Waals surface area contributed by atoms with Crippen LogP contribution in [-0.2, 0) is 15.1 Å². The highest BCUT2D eigenvalue weighted by Gasteiger charge is 2.49. The summed E-state index contributed by atoms with van der Waals surface area (Å²) in [5, 5.41) is 7.12. The van der Waals surface area contributed by atoms with Gasteiger partial charge in [0, 0.05) is 53.3 Å². The van der Waals surface area contributed by atoms with E-state index in [0.717, 1.165) is 54.0 Å². The van der Waals surface area contributed by atoms with Crippen molar-refractivity contribution in [2.45, 2.75) is 30.5 Å². The predicted octanol–water partition coefficient (Wildman–Crippen LogP) is 5.93. The number of aromatic nitrogens is 2. The summed E-state index contributed by atoms with van der Waals surface area (Å²) in [6.07, 6.45) is -0.00139. The Bertz CT molecular complexity index is 1750. The van der Waals surface area contributed by atoms with Gasteiger partial charge < -0.3 is 20.3 Å². The lowest BCUT2D eigenvalue weighted by Gasteiger charge is -2.36. The number of benzene rings is 2. The number of fused-ring (bicyclic) bond motifs is 6. The highest BCUT2D eigenvalue weighted by Crippen LogP contribution is 2.56. The Morgan fingerprint density at radius 3 is 2.35 bits per heavy atom. The number of amidine groups is 1. The number of hydrogen-bond acceptors (Lipinski definition) is 7. The number of rotatable bonds is 2. The number of pyridine rings is 2. The molecule has 1 fully saturated rings. The summed E-state index contributed by atoms with van der Waals surface area (Å²) in [4.78, 5) is 22.6. The number of ether oxygens (including phenoxy) is 2. The van der Waals surface area contributed by atoms with E-state index < -0.39 is 23.6 Å². The number of nitrogens with two attached hydrogens (primary N) is 1. The number of carboxylic acid groups (broad SMARTS) is 1. The van der Waals surface area contributed by atoms with E-state index in [4.69, 9.17) is 35.1 Å². The zero-order chi connectivity index (χ0) is 30.4. The first kappa shape index (κ1) is 28.3. The van der Waals surface area contributed by atoms with Crippen LogP contribution in [0.3, 0.4) is 0 Å². The van der Waals surface area contributed by atoms with Crippen molar-refractivity contribution >= 4 is 11.8 Å². The summed E-state index contributed by atoms with van der Waals surface area (Å²) >= 11 is 0. The lowest BCUT2D eigenvalue weighted by Crippen LogP contribution is -2.30. The monoisotopic (exact) mass is 592 g/mol. The third-order valence-corrected chi connectivity index (χ3v) is 7.70. The normalized spacial score (nSPS) is 18.8. The van der Waals surface area contributed by atoms with Gasteiger partial charge in [0.25, 0.3) is 0 Å². The molecule has 3 N–H and O–H groups in total. The third kappa shape index (κ3) is 4.97. The van der Waals surface area contributed by atoms with Gasteiger partial charge in [-0.15, -0.1) is 0 Å². The number of halogens is 4. The van der Waals surface area contributed by atoms with Crippen LogP contribution in [0.1, 0.15) is 46.7 Å². The Labute approximate surface area is 242 Å². The lowest BCUT2D eigenvalue weighted by molar-refractivity contribution is -0.192. The van der Waals surface area contributed by atoms with Crippen molar-refractivity contribution < 1.29 is 36.9 Å². The molecule has 0 amide bonds. The molecule has 4 aromatic rings. The fourth-order valence-electron chi connectivity index (χ4n) is 5.71. The molecule has 8 nitrogen and oxygen atoms in total. The molecule has 2 aromatic carbocycles. The van der Waals surface area contributed by atoms with E-state index in [0.29, 0.717) is 34.4 Å². The van der Waals surface area contributed by atoms with Gasteiger partial charge in [0.15, 0.2) is 5.75 Å². The molecule has 7 rings (SSSR count). The standard InChI is InChI=1S/C29H23FN4O2.C2HF3O2/c30-27-19(5-3-11-32-27)18-7-8-25-22(14-18)29(21-6-2-1-4-20(21)28(31)34-29)23-15-24(33-16-26(23)36-25)17-9-12-35-13-10-17;3-2(4,5)1(6)7/h1-8,11,14-17H,9-10,12-13H2,(H2,31,34);(H,6,7). The van der Waals surface area contributed by atoms with Crippen LogP contribution in [0.15, 0.2) is 78.0 Å². The largest absolute Gasteiger partial charge is 0.490 e. The van der Waals surface area contributed by atoms with Crippen molar-refractivity contribution in [2.75, 3.05) is 13.2 Å². The van der Waals surface area contributed by atoms with E-state index in [-0.39, 0.29) is 0 Å². The van der Waals surface area contributed by atoms with Gasteiger partial charge in [0.2, 0.25) is 5.95 Å². The molecule has 0 saturated carbocycles. The van der Waals surface area contributed by atoms with Crippen molar-refractivity contribution in [2.24, 2.45) is 10.7 Å². The van der Waals surface area contributed by atoms with Gasteiger partial charge in [-0.05, 0) is 54.3 Å². The smallest absolute Gasteiger partial charge is 0.475 e. The van der Waals surface area contributed by atoms with Crippen LogP contribution >= 0.6 is 0 Å². The highest BCUT2D eigenvalue weighted by molar-refractivity contribution is 6.03. The fraction of sp³-hybridized carbons (Fsp3) is 0.226. The maximum absolute atomic E-state index is 14.7. The molecule has 5 heterocycles. The summed E-state index contributed by atoms with van der Waals surface area (Å²) in [6, 6.07) is 19.2. The summed E-state index contributed by atoms with van der Waals surface area (Å²) < 4.78 is 58.3. The van der Waals surface area contributed by atoms with Crippen molar-refractivity contribution in [3.8, 4) is 22.6 Å². The second-order valence-corrected chi connectivity index (χ2v) is 10.2. The zero-order valence-corrected chi connectivity index (χ0v) is 22.4. The van der Waals surface area contributed by atoms with E-state index >= 15 is 0 Å². The van der Waals surface area contributed by atoms with Crippen molar-refractivity contribution in [1.29, 1.82) is 0 Å². The van der Waals surface area contributed by atoms with Crippen LogP contribution in [0, 0.1) is 5.95 Å². The van der Waals surface area contributed by atoms with Crippen molar-refractivity contribution in [1.82, 2.24) is 9.97 Å². The second-order valence-electron chi connectivity index (χ2n) is 10.2. The van der Waals surface area contributed by atoms with Crippen LogP contribution in [0.5, 0.6) is 11.5 Å². The van der Waals surface area contributed by atoms with Gasteiger partial charge in [0.1, 0.15) is 17.1 Å². The molecule has 3 aliphatic heterocycles. The number of aliphatic carboxylic acids is 1. The number of carboxylic acids is 1. The van der Waals surface area contributed by atoms with Crippen LogP contribution in [0.25, 0.3) is 11.1 Å². The molecule has 43 heavy (non-hydrogen) atoms. The molecule has 0 radical (unpaired) electrons. The molecule has 1 spiro atoms. The fourth-order valence-corrected chi connectivity index (χ4v) is 5.71. The van der Waals surface area contributed by atoms with E-state index in [1.54, 1.807) is 18.3 Å². The lowest BCUT2D eigenvalue weighted by atomic mass is 9.74. The number of nitrogens with zero attached hydrogens (tertiary/aromatic N) is 3. The molecule has 12 heteroatoms. The first-order chi connectivity index (χ1) is 20.6. The molecule has 0 bridgehead atoms. The van der Waals surface area contributed by atoms with Gasteiger partial charge in [0.05, 0.1) is 6.20 Å². The maximum atomic E-state index is 14.7. The average Bonchev–Trinajstić information content (AvgIpc) is 3.30. The SMILES string of the molecule is NC1=NC2(c3cc(-c4cccnc4F)ccc3Oc3cnc(C4CCOCC4)cc32)c2ccccc21.O=C(O)C(F)(F)F. The highest BCUT2D eigenvalue weighted by atomic mass is 19.4. The quantitative estimate of drug-likeness (QED) is 0.219. The Morgan fingerprint density at radius 1 is 0.930 bits per heavy atom. The molecular formula is C31H24F4N4O4. The van der Waals surface area contributed by atoms with Crippen LogP contribution in [0.2, 0.25) is 0 Å². The van der Waals surface area contributed by atoms with E-state index in [2.05, 4.69) is 17.1 Å². The Balaban J connectivity index is 0.000000423. The van der Waals surface area contributed by atoms with Crippen LogP contribution in [-0.4, -0.2) is 46.3 Å². The molecule has 1 saturated heterocycles.